The second-order valence-corrected chi connectivity index (χ2v) is 5.85. The van der Waals surface area contributed by atoms with Crippen molar-refractivity contribution in [1.29, 1.82) is 0 Å². The van der Waals surface area contributed by atoms with Gasteiger partial charge in [0.25, 0.3) is 0 Å². The van der Waals surface area contributed by atoms with Gasteiger partial charge in [0.05, 0.1) is 15.6 Å². The quantitative estimate of drug-likeness (QED) is 0.452. The molecule has 7 heteroatoms. The van der Waals surface area contributed by atoms with Crippen molar-refractivity contribution in [3.05, 3.63) is 69.3 Å². The number of hydrogen-bond donors (Lipinski definition) is 0. The van der Waals surface area contributed by atoms with Gasteiger partial charge in [0.15, 0.2) is 5.75 Å². The van der Waals surface area contributed by atoms with Crippen molar-refractivity contribution >= 4 is 40.1 Å². The Bertz CT molecular complexity index is 976. The SMILES string of the molecule is Cc1ccc2c(Cl)cc(Cl)c(OC(=O)c3ccc(F)cc3F)c2n1. The maximum absolute atomic E-state index is 13.7. The molecule has 2 aromatic carbocycles. The number of ether oxygens (including phenoxy) is 1. The third kappa shape index (κ3) is 3.05. The molecule has 3 aromatic rings. The first-order valence-electron chi connectivity index (χ1n) is 6.79. The number of fused-ring (bicyclic) bond motifs is 1. The summed E-state index contributed by atoms with van der Waals surface area (Å²) in [5.74, 6) is -2.87. The van der Waals surface area contributed by atoms with Crippen molar-refractivity contribution < 1.29 is 18.3 Å². The molecule has 0 saturated heterocycles. The third-order valence-corrected chi connectivity index (χ3v) is 3.92. The monoisotopic (exact) mass is 367 g/mol. The molecule has 0 unspecified atom stereocenters. The molecule has 1 heterocycles. The highest BCUT2D eigenvalue weighted by molar-refractivity contribution is 6.39. The Balaban J connectivity index is 2.09. The molecule has 0 radical (unpaired) electrons. The number of aromatic nitrogens is 1. The summed E-state index contributed by atoms with van der Waals surface area (Å²) in [7, 11) is 0. The van der Waals surface area contributed by atoms with Crippen LogP contribution in [0.3, 0.4) is 0 Å². The number of pyridine rings is 1. The minimum Gasteiger partial charge on any atom is -0.419 e. The molecule has 0 spiro atoms. The van der Waals surface area contributed by atoms with E-state index in [1.54, 1.807) is 19.1 Å². The zero-order valence-corrected chi connectivity index (χ0v) is 13.8. The molecule has 0 N–H and O–H groups in total. The first-order valence-corrected chi connectivity index (χ1v) is 7.55. The van der Waals surface area contributed by atoms with Gasteiger partial charge in [-0.2, -0.15) is 0 Å². The Morgan fingerprint density at radius 2 is 1.83 bits per heavy atom. The normalized spacial score (nSPS) is 10.9. The van der Waals surface area contributed by atoms with Gasteiger partial charge < -0.3 is 4.74 Å². The summed E-state index contributed by atoms with van der Waals surface area (Å²) in [5, 5.41) is 0.936. The van der Waals surface area contributed by atoms with Crippen LogP contribution in [-0.2, 0) is 0 Å². The van der Waals surface area contributed by atoms with Crippen LogP contribution in [0.4, 0.5) is 8.78 Å². The molecule has 0 aliphatic carbocycles. The zero-order valence-electron chi connectivity index (χ0n) is 12.2. The van der Waals surface area contributed by atoms with Gasteiger partial charge in [0, 0.05) is 17.1 Å². The van der Waals surface area contributed by atoms with Crippen LogP contribution in [0, 0.1) is 18.6 Å². The number of rotatable bonds is 2. The predicted molar refractivity (Wildman–Crippen MR) is 87.8 cm³/mol. The molecule has 0 bridgehead atoms. The number of aryl methyl sites for hydroxylation is 1. The third-order valence-electron chi connectivity index (χ3n) is 3.32. The largest absolute Gasteiger partial charge is 0.419 e. The number of halogens is 4. The lowest BCUT2D eigenvalue weighted by Crippen LogP contribution is -2.12. The predicted octanol–water partition coefficient (Wildman–Crippen LogP) is 5.35. The summed E-state index contributed by atoms with van der Waals surface area (Å²) in [6.45, 7) is 1.75. The number of nitrogens with zero attached hydrogens (tertiary/aromatic N) is 1. The lowest BCUT2D eigenvalue weighted by Gasteiger charge is -2.11. The minimum absolute atomic E-state index is 0.0338. The fourth-order valence-electron chi connectivity index (χ4n) is 2.19. The van der Waals surface area contributed by atoms with E-state index in [-0.39, 0.29) is 16.3 Å². The van der Waals surface area contributed by atoms with E-state index in [2.05, 4.69) is 4.98 Å². The fourth-order valence-corrected chi connectivity index (χ4v) is 2.74. The van der Waals surface area contributed by atoms with Crippen LogP contribution in [0.15, 0.2) is 36.4 Å². The molecule has 122 valence electrons. The maximum atomic E-state index is 13.7. The van der Waals surface area contributed by atoms with Crippen molar-refractivity contribution in [2.45, 2.75) is 6.92 Å². The van der Waals surface area contributed by atoms with E-state index in [9.17, 15) is 13.6 Å². The highest BCUT2D eigenvalue weighted by atomic mass is 35.5. The van der Waals surface area contributed by atoms with Crippen molar-refractivity contribution in [2.24, 2.45) is 0 Å². The number of carbonyl (C=O) groups is 1. The van der Waals surface area contributed by atoms with E-state index in [1.807, 2.05) is 0 Å². The molecule has 0 atom stereocenters. The van der Waals surface area contributed by atoms with E-state index in [4.69, 9.17) is 27.9 Å². The standard InChI is InChI=1S/C17H9Cl2F2NO2/c1-8-2-4-10-12(18)7-13(19)16(15(10)22-8)24-17(23)11-5-3-9(20)6-14(11)21/h2-7H,1H3. The lowest BCUT2D eigenvalue weighted by molar-refractivity contribution is 0.0732. The summed E-state index contributed by atoms with van der Waals surface area (Å²) in [5.41, 5.74) is 0.526. The van der Waals surface area contributed by atoms with E-state index in [0.29, 0.717) is 22.2 Å². The Kier molecular flexibility index (Phi) is 4.39. The van der Waals surface area contributed by atoms with Gasteiger partial charge in [-0.25, -0.2) is 18.6 Å². The molecular weight excluding hydrogens is 359 g/mol. The fraction of sp³-hybridized carbons (Fsp3) is 0.0588. The van der Waals surface area contributed by atoms with E-state index >= 15 is 0 Å². The van der Waals surface area contributed by atoms with Gasteiger partial charge in [-0.05, 0) is 37.3 Å². The van der Waals surface area contributed by atoms with Crippen LogP contribution >= 0.6 is 23.2 Å². The maximum Gasteiger partial charge on any atom is 0.346 e. The number of carbonyl (C=O) groups excluding carboxylic acids is 1. The van der Waals surface area contributed by atoms with Crippen LogP contribution in [0.2, 0.25) is 10.0 Å². The van der Waals surface area contributed by atoms with Gasteiger partial charge in [0.2, 0.25) is 0 Å². The van der Waals surface area contributed by atoms with Gasteiger partial charge in [-0.1, -0.05) is 23.2 Å². The summed E-state index contributed by atoms with van der Waals surface area (Å²) < 4.78 is 31.9. The molecule has 0 amide bonds. The van der Waals surface area contributed by atoms with Gasteiger partial charge in [-0.3, -0.25) is 0 Å². The van der Waals surface area contributed by atoms with Crippen LogP contribution in [-0.4, -0.2) is 11.0 Å². The second-order valence-electron chi connectivity index (χ2n) is 5.03. The number of hydrogen-bond acceptors (Lipinski definition) is 3. The molecule has 0 aliphatic rings. The summed E-state index contributed by atoms with van der Waals surface area (Å²) >= 11 is 12.2. The first-order chi connectivity index (χ1) is 11.4. The van der Waals surface area contributed by atoms with E-state index in [0.717, 1.165) is 12.1 Å². The van der Waals surface area contributed by atoms with Crippen LogP contribution in [0.1, 0.15) is 16.1 Å². The van der Waals surface area contributed by atoms with Crippen LogP contribution < -0.4 is 4.74 Å². The van der Waals surface area contributed by atoms with Gasteiger partial charge in [-0.15, -0.1) is 0 Å². The molecule has 3 rings (SSSR count). The molecule has 0 fully saturated rings. The Labute approximate surface area is 145 Å². The van der Waals surface area contributed by atoms with Crippen LogP contribution in [0.25, 0.3) is 10.9 Å². The van der Waals surface area contributed by atoms with Gasteiger partial charge >= 0.3 is 5.97 Å². The lowest BCUT2D eigenvalue weighted by atomic mass is 10.1. The van der Waals surface area contributed by atoms with Crippen molar-refractivity contribution in [3.8, 4) is 5.75 Å². The minimum atomic E-state index is -1.03. The Morgan fingerprint density at radius 1 is 1.08 bits per heavy atom. The first kappa shape index (κ1) is 16.6. The molecular formula is C17H9Cl2F2NO2. The van der Waals surface area contributed by atoms with Gasteiger partial charge in [0.1, 0.15) is 17.2 Å². The molecule has 3 nitrogen and oxygen atoms in total. The highest BCUT2D eigenvalue weighted by Gasteiger charge is 2.20. The van der Waals surface area contributed by atoms with E-state index < -0.39 is 23.2 Å². The summed E-state index contributed by atoms with van der Waals surface area (Å²) in [6, 6.07) is 7.42. The van der Waals surface area contributed by atoms with Crippen molar-refractivity contribution in [3.63, 3.8) is 0 Å². The average Bonchev–Trinajstić information content (AvgIpc) is 2.50. The molecule has 0 saturated carbocycles. The number of benzene rings is 2. The number of esters is 1. The highest BCUT2D eigenvalue weighted by Crippen LogP contribution is 2.37. The average molecular weight is 368 g/mol. The van der Waals surface area contributed by atoms with Crippen molar-refractivity contribution in [1.82, 2.24) is 4.98 Å². The molecule has 1 aromatic heterocycles. The Morgan fingerprint density at radius 3 is 2.54 bits per heavy atom. The van der Waals surface area contributed by atoms with Crippen LogP contribution in [0.5, 0.6) is 5.75 Å². The smallest absolute Gasteiger partial charge is 0.346 e. The van der Waals surface area contributed by atoms with E-state index in [1.165, 1.54) is 6.07 Å². The molecule has 24 heavy (non-hydrogen) atoms. The zero-order chi connectivity index (χ0) is 17.4. The topological polar surface area (TPSA) is 39.2 Å². The van der Waals surface area contributed by atoms with Crippen molar-refractivity contribution in [2.75, 3.05) is 0 Å². The summed E-state index contributed by atoms with van der Waals surface area (Å²) in [4.78, 5) is 16.5. The Hall–Kier alpha value is -2.24. The summed E-state index contributed by atoms with van der Waals surface area (Å²) in [6.07, 6.45) is 0. The molecule has 0 aliphatic heterocycles. The second kappa shape index (κ2) is 6.34.